The average molecular weight is 454 g/mol. The van der Waals surface area contributed by atoms with Crippen LogP contribution in [0.25, 0.3) is 5.65 Å². The fourth-order valence-electron chi connectivity index (χ4n) is 4.44. The standard InChI is InChI=1S/C25H31N3O3S/c1-3-4-7-18-10-12-19(13-11-18)25(30)27-21-8-5-6-9-22(21)32-16-20-15-24(29)28-23(26-20)14-17(2)31-28/h5-6,8-9,14-15,18-19H,3-4,7,10-13,16H2,1-2H3,(H,27,30). The van der Waals surface area contributed by atoms with E-state index in [0.717, 1.165) is 42.2 Å². The first-order chi connectivity index (χ1) is 15.5. The van der Waals surface area contributed by atoms with Gasteiger partial charge in [0.05, 0.1) is 11.4 Å². The van der Waals surface area contributed by atoms with E-state index in [1.807, 2.05) is 24.3 Å². The fraction of sp³-hybridized carbons (Fsp3) is 0.480. The van der Waals surface area contributed by atoms with Crippen molar-refractivity contribution in [3.8, 4) is 0 Å². The minimum atomic E-state index is -0.227. The van der Waals surface area contributed by atoms with Crippen molar-refractivity contribution in [2.45, 2.75) is 69.4 Å². The number of anilines is 1. The van der Waals surface area contributed by atoms with Crippen LogP contribution < -0.4 is 10.9 Å². The Bertz CT molecular complexity index is 1130. The first-order valence-electron chi connectivity index (χ1n) is 11.6. The largest absolute Gasteiger partial charge is 0.375 e. The summed E-state index contributed by atoms with van der Waals surface area (Å²) in [5, 5.41) is 3.16. The predicted octanol–water partition coefficient (Wildman–Crippen LogP) is 5.82. The number of hydrogen-bond donors (Lipinski definition) is 1. The van der Waals surface area contributed by atoms with Gasteiger partial charge in [-0.15, -0.1) is 16.3 Å². The van der Waals surface area contributed by atoms with E-state index in [1.54, 1.807) is 24.8 Å². The number of nitrogens with zero attached hydrogens (tertiary/aromatic N) is 2. The summed E-state index contributed by atoms with van der Waals surface area (Å²) in [6.07, 6.45) is 8.11. The first kappa shape index (κ1) is 22.6. The van der Waals surface area contributed by atoms with Gasteiger partial charge in [-0.3, -0.25) is 9.59 Å². The van der Waals surface area contributed by atoms with Crippen molar-refractivity contribution in [2.24, 2.45) is 11.8 Å². The molecule has 1 saturated carbocycles. The molecule has 0 atom stereocenters. The highest BCUT2D eigenvalue weighted by Crippen LogP contribution is 2.34. The van der Waals surface area contributed by atoms with Crippen LogP contribution in [0.5, 0.6) is 0 Å². The summed E-state index contributed by atoms with van der Waals surface area (Å²) in [4.78, 5) is 30.7. The van der Waals surface area contributed by atoms with Crippen LogP contribution in [-0.2, 0) is 10.5 Å². The van der Waals surface area contributed by atoms with Crippen molar-refractivity contribution in [1.82, 2.24) is 9.56 Å². The molecule has 3 aromatic rings. The van der Waals surface area contributed by atoms with Gasteiger partial charge >= 0.3 is 0 Å². The van der Waals surface area contributed by atoms with Gasteiger partial charge in [-0.2, -0.15) is 0 Å². The molecule has 0 aliphatic heterocycles. The van der Waals surface area contributed by atoms with E-state index in [1.165, 1.54) is 29.9 Å². The lowest BCUT2D eigenvalue weighted by Crippen LogP contribution is -2.27. The molecule has 1 N–H and O–H groups in total. The number of carbonyl (C=O) groups excluding carboxylic acids is 1. The zero-order valence-corrected chi connectivity index (χ0v) is 19.6. The highest BCUT2D eigenvalue weighted by atomic mass is 32.2. The average Bonchev–Trinajstić information content (AvgIpc) is 3.18. The topological polar surface area (TPSA) is 76.6 Å². The van der Waals surface area contributed by atoms with E-state index in [-0.39, 0.29) is 17.4 Å². The first-order valence-corrected chi connectivity index (χ1v) is 12.5. The van der Waals surface area contributed by atoms with Crippen LogP contribution in [0.3, 0.4) is 0 Å². The van der Waals surface area contributed by atoms with Gasteiger partial charge in [-0.05, 0) is 50.7 Å². The highest BCUT2D eigenvalue weighted by molar-refractivity contribution is 7.98. The number of hydrogen-bond acceptors (Lipinski definition) is 5. The van der Waals surface area contributed by atoms with E-state index in [2.05, 4.69) is 17.2 Å². The molecule has 2 aromatic heterocycles. The van der Waals surface area contributed by atoms with Gasteiger partial charge in [-0.1, -0.05) is 38.3 Å². The Labute approximate surface area is 192 Å². The summed E-state index contributed by atoms with van der Waals surface area (Å²) >= 11 is 1.57. The molecule has 2 heterocycles. The molecule has 1 aliphatic carbocycles. The summed E-state index contributed by atoms with van der Waals surface area (Å²) in [5.74, 6) is 2.19. The van der Waals surface area contributed by atoms with Crippen LogP contribution in [0.15, 0.2) is 50.6 Å². The second kappa shape index (κ2) is 10.4. The van der Waals surface area contributed by atoms with Crippen molar-refractivity contribution >= 4 is 29.0 Å². The molecule has 1 amide bonds. The van der Waals surface area contributed by atoms with Crippen molar-refractivity contribution in [3.05, 3.63) is 58.2 Å². The molecule has 6 nitrogen and oxygen atoms in total. The van der Waals surface area contributed by atoms with Gasteiger partial charge in [0.15, 0.2) is 5.65 Å². The molecule has 1 fully saturated rings. The molecule has 0 saturated heterocycles. The number of amides is 1. The number of rotatable bonds is 8. The molecule has 0 radical (unpaired) electrons. The number of aryl methyl sites for hydroxylation is 1. The van der Waals surface area contributed by atoms with Gasteiger partial charge in [0.25, 0.3) is 5.56 Å². The monoisotopic (exact) mass is 453 g/mol. The van der Waals surface area contributed by atoms with Crippen LogP contribution in [0.2, 0.25) is 0 Å². The van der Waals surface area contributed by atoms with Crippen molar-refractivity contribution < 1.29 is 9.32 Å². The maximum absolute atomic E-state index is 12.9. The maximum Gasteiger partial charge on any atom is 0.287 e. The van der Waals surface area contributed by atoms with Crippen molar-refractivity contribution in [1.29, 1.82) is 0 Å². The zero-order valence-electron chi connectivity index (χ0n) is 18.8. The predicted molar refractivity (Wildman–Crippen MR) is 128 cm³/mol. The minimum Gasteiger partial charge on any atom is -0.375 e. The second-order valence-electron chi connectivity index (χ2n) is 8.72. The molecule has 170 valence electrons. The van der Waals surface area contributed by atoms with E-state index >= 15 is 0 Å². The summed E-state index contributed by atoms with van der Waals surface area (Å²) < 4.78 is 6.55. The third kappa shape index (κ3) is 5.44. The molecule has 1 aliphatic rings. The quantitative estimate of drug-likeness (QED) is 0.435. The number of fused-ring (bicyclic) bond motifs is 1. The Kier molecular flexibility index (Phi) is 7.35. The van der Waals surface area contributed by atoms with Gasteiger partial charge in [0.1, 0.15) is 5.76 Å². The van der Waals surface area contributed by atoms with Crippen LogP contribution in [-0.4, -0.2) is 15.5 Å². The molecule has 1 aromatic carbocycles. The molecule has 4 rings (SSSR count). The number of para-hydroxylation sites is 1. The Morgan fingerprint density at radius 3 is 2.78 bits per heavy atom. The molecule has 0 unspecified atom stereocenters. The van der Waals surface area contributed by atoms with Gasteiger partial charge in [-0.25, -0.2) is 4.98 Å². The molecule has 0 bridgehead atoms. The normalized spacial score (nSPS) is 18.7. The number of carbonyl (C=O) groups is 1. The zero-order chi connectivity index (χ0) is 22.5. The van der Waals surface area contributed by atoms with E-state index in [4.69, 9.17) is 4.52 Å². The summed E-state index contributed by atoms with van der Waals surface area (Å²) in [6.45, 7) is 4.03. The van der Waals surface area contributed by atoms with Gasteiger partial charge in [0, 0.05) is 28.7 Å². The molecular formula is C25H31N3O3S. The van der Waals surface area contributed by atoms with Gasteiger partial charge in [0.2, 0.25) is 5.91 Å². The van der Waals surface area contributed by atoms with Gasteiger partial charge < -0.3 is 9.84 Å². The minimum absolute atomic E-state index is 0.0967. The second-order valence-corrected chi connectivity index (χ2v) is 9.74. The van der Waals surface area contributed by atoms with Crippen LogP contribution >= 0.6 is 11.8 Å². The molecule has 0 spiro atoms. The Balaban J connectivity index is 1.38. The summed E-state index contributed by atoms with van der Waals surface area (Å²) in [5.41, 5.74) is 1.80. The highest BCUT2D eigenvalue weighted by Gasteiger charge is 2.26. The molecular weight excluding hydrogens is 422 g/mol. The maximum atomic E-state index is 12.9. The number of unbranched alkanes of at least 4 members (excludes halogenated alkanes) is 1. The number of benzene rings is 1. The number of nitrogens with one attached hydrogen (secondary N) is 1. The smallest absolute Gasteiger partial charge is 0.287 e. The lowest BCUT2D eigenvalue weighted by Gasteiger charge is -2.28. The third-order valence-electron chi connectivity index (χ3n) is 6.23. The number of thioether (sulfide) groups is 1. The van der Waals surface area contributed by atoms with Crippen LogP contribution in [0.1, 0.15) is 63.3 Å². The number of aromatic nitrogens is 2. The SMILES string of the molecule is CCCCC1CCC(C(=O)Nc2ccccc2SCc2cc(=O)n3oc(C)cc3n2)CC1. The fourth-order valence-corrected chi connectivity index (χ4v) is 5.34. The lowest BCUT2D eigenvalue weighted by atomic mass is 9.79. The van der Waals surface area contributed by atoms with Crippen LogP contribution in [0, 0.1) is 18.8 Å². The lowest BCUT2D eigenvalue weighted by molar-refractivity contribution is -0.121. The third-order valence-corrected chi connectivity index (χ3v) is 7.34. The summed E-state index contributed by atoms with van der Waals surface area (Å²) in [7, 11) is 0. The van der Waals surface area contributed by atoms with Crippen molar-refractivity contribution in [3.63, 3.8) is 0 Å². The Morgan fingerprint density at radius 2 is 2.00 bits per heavy atom. The van der Waals surface area contributed by atoms with Crippen molar-refractivity contribution in [2.75, 3.05) is 5.32 Å². The van der Waals surface area contributed by atoms with E-state index < -0.39 is 0 Å². The summed E-state index contributed by atoms with van der Waals surface area (Å²) in [6, 6.07) is 11.1. The van der Waals surface area contributed by atoms with E-state index in [0.29, 0.717) is 22.9 Å². The van der Waals surface area contributed by atoms with E-state index in [9.17, 15) is 9.59 Å². The van der Waals surface area contributed by atoms with Crippen LogP contribution in [0.4, 0.5) is 5.69 Å². The Hall–Kier alpha value is -2.54. The molecule has 32 heavy (non-hydrogen) atoms. The Morgan fingerprint density at radius 1 is 1.22 bits per heavy atom. The molecule has 7 heteroatoms.